The molecular weight excluding hydrogens is 266 g/mol. The summed E-state index contributed by atoms with van der Waals surface area (Å²) in [5, 5.41) is 12.2. The molecule has 0 saturated carbocycles. The van der Waals surface area contributed by atoms with Crippen LogP contribution in [0.1, 0.15) is 26.7 Å². The lowest BCUT2D eigenvalue weighted by atomic mass is 9.91. The fourth-order valence-electron chi connectivity index (χ4n) is 1.80. The molecule has 104 valence electrons. The Morgan fingerprint density at radius 3 is 2.47 bits per heavy atom. The first-order chi connectivity index (χ1) is 8.91. The number of halogens is 1. The highest BCUT2D eigenvalue weighted by Gasteiger charge is 2.22. The fourth-order valence-corrected chi connectivity index (χ4v) is 1.99. The van der Waals surface area contributed by atoms with Crippen LogP contribution in [0, 0.1) is 11.8 Å². The molecular formula is C14H18ClNO3. The van der Waals surface area contributed by atoms with Crippen LogP contribution < -0.4 is 5.32 Å². The number of carbonyl (C=O) groups is 2. The molecule has 2 N–H and O–H groups in total. The van der Waals surface area contributed by atoms with Crippen molar-refractivity contribution in [3.8, 4) is 0 Å². The van der Waals surface area contributed by atoms with E-state index in [4.69, 9.17) is 16.7 Å². The Kier molecular flexibility index (Phi) is 5.83. The van der Waals surface area contributed by atoms with E-state index in [2.05, 4.69) is 5.32 Å². The Morgan fingerprint density at radius 1 is 1.32 bits per heavy atom. The first kappa shape index (κ1) is 15.5. The molecule has 1 unspecified atom stereocenters. The van der Waals surface area contributed by atoms with Crippen LogP contribution in [0.3, 0.4) is 0 Å². The SMILES string of the molecule is CC(C)C(CCC(=O)Nc1ccccc1Cl)C(=O)O. The summed E-state index contributed by atoms with van der Waals surface area (Å²) in [6.07, 6.45) is 0.490. The number of aliphatic carboxylic acids is 1. The van der Waals surface area contributed by atoms with Crippen LogP contribution in [0.15, 0.2) is 24.3 Å². The number of anilines is 1. The summed E-state index contributed by atoms with van der Waals surface area (Å²) >= 11 is 5.92. The van der Waals surface area contributed by atoms with Gasteiger partial charge in [-0.1, -0.05) is 37.6 Å². The molecule has 1 rings (SSSR count). The summed E-state index contributed by atoms with van der Waals surface area (Å²) in [5.74, 6) is -1.58. The van der Waals surface area contributed by atoms with Crippen LogP contribution in [-0.2, 0) is 9.59 Å². The third kappa shape index (κ3) is 4.91. The van der Waals surface area contributed by atoms with Gasteiger partial charge in [0.1, 0.15) is 0 Å². The number of rotatable bonds is 6. The van der Waals surface area contributed by atoms with Crippen molar-refractivity contribution in [2.45, 2.75) is 26.7 Å². The standard InChI is InChI=1S/C14H18ClNO3/c1-9(2)10(14(18)19)7-8-13(17)16-12-6-4-3-5-11(12)15/h3-6,9-10H,7-8H2,1-2H3,(H,16,17)(H,18,19). The largest absolute Gasteiger partial charge is 0.481 e. The Balaban J connectivity index is 2.52. The van der Waals surface area contributed by atoms with Crippen LogP contribution >= 0.6 is 11.6 Å². The molecule has 4 nitrogen and oxygen atoms in total. The molecule has 0 saturated heterocycles. The van der Waals surface area contributed by atoms with Crippen molar-refractivity contribution in [1.82, 2.24) is 0 Å². The number of para-hydroxylation sites is 1. The van der Waals surface area contributed by atoms with Gasteiger partial charge in [-0.15, -0.1) is 0 Å². The van der Waals surface area contributed by atoms with Gasteiger partial charge in [0.05, 0.1) is 16.6 Å². The molecule has 1 amide bonds. The van der Waals surface area contributed by atoms with E-state index in [-0.39, 0.29) is 18.2 Å². The molecule has 1 atom stereocenters. The van der Waals surface area contributed by atoms with Crippen molar-refractivity contribution in [2.75, 3.05) is 5.32 Å². The number of amides is 1. The van der Waals surface area contributed by atoms with Gasteiger partial charge in [-0.25, -0.2) is 0 Å². The van der Waals surface area contributed by atoms with Crippen molar-refractivity contribution in [2.24, 2.45) is 11.8 Å². The van der Waals surface area contributed by atoms with Crippen LogP contribution in [0.25, 0.3) is 0 Å². The summed E-state index contributed by atoms with van der Waals surface area (Å²) in [6, 6.07) is 6.94. The van der Waals surface area contributed by atoms with Crippen molar-refractivity contribution in [3.63, 3.8) is 0 Å². The molecule has 0 aromatic heterocycles. The molecule has 5 heteroatoms. The van der Waals surface area contributed by atoms with Crippen molar-refractivity contribution < 1.29 is 14.7 Å². The van der Waals surface area contributed by atoms with Gasteiger partial charge in [0.15, 0.2) is 0 Å². The van der Waals surface area contributed by atoms with E-state index in [1.165, 1.54) is 0 Å². The van der Waals surface area contributed by atoms with Gasteiger partial charge in [-0.3, -0.25) is 9.59 Å². The second-order valence-electron chi connectivity index (χ2n) is 4.76. The van der Waals surface area contributed by atoms with E-state index in [1.54, 1.807) is 24.3 Å². The molecule has 0 aliphatic carbocycles. The summed E-state index contributed by atoms with van der Waals surface area (Å²) in [6.45, 7) is 3.68. The predicted molar refractivity (Wildman–Crippen MR) is 75.3 cm³/mol. The summed E-state index contributed by atoms with van der Waals surface area (Å²) in [4.78, 5) is 22.8. The van der Waals surface area contributed by atoms with Gasteiger partial charge in [0.2, 0.25) is 5.91 Å². The fraction of sp³-hybridized carbons (Fsp3) is 0.429. The zero-order chi connectivity index (χ0) is 14.4. The lowest BCUT2D eigenvalue weighted by molar-refractivity contribution is -0.143. The highest BCUT2D eigenvalue weighted by molar-refractivity contribution is 6.33. The minimum Gasteiger partial charge on any atom is -0.481 e. The average molecular weight is 284 g/mol. The zero-order valence-electron chi connectivity index (χ0n) is 11.0. The number of benzene rings is 1. The second-order valence-corrected chi connectivity index (χ2v) is 5.16. The molecule has 0 aliphatic rings. The molecule has 0 radical (unpaired) electrons. The number of nitrogens with one attached hydrogen (secondary N) is 1. The maximum atomic E-state index is 11.8. The van der Waals surface area contributed by atoms with Gasteiger partial charge in [-0.2, -0.15) is 0 Å². The number of carbonyl (C=O) groups excluding carboxylic acids is 1. The van der Waals surface area contributed by atoms with Gasteiger partial charge in [0.25, 0.3) is 0 Å². The van der Waals surface area contributed by atoms with Crippen molar-refractivity contribution >= 4 is 29.2 Å². The quantitative estimate of drug-likeness (QED) is 0.841. The molecule has 0 bridgehead atoms. The van der Waals surface area contributed by atoms with Gasteiger partial charge < -0.3 is 10.4 Å². The topological polar surface area (TPSA) is 66.4 Å². The number of carboxylic acid groups (broad SMARTS) is 1. The van der Waals surface area contributed by atoms with Crippen LogP contribution in [0.2, 0.25) is 5.02 Å². The predicted octanol–water partition coefficient (Wildman–Crippen LogP) is 3.42. The number of hydrogen-bond acceptors (Lipinski definition) is 2. The van der Waals surface area contributed by atoms with Crippen LogP contribution in [0.5, 0.6) is 0 Å². The average Bonchev–Trinajstić information content (AvgIpc) is 2.31. The lowest BCUT2D eigenvalue weighted by Gasteiger charge is -2.15. The molecule has 19 heavy (non-hydrogen) atoms. The Bertz CT molecular complexity index is 460. The van der Waals surface area contributed by atoms with Crippen molar-refractivity contribution in [3.05, 3.63) is 29.3 Å². The van der Waals surface area contributed by atoms with E-state index < -0.39 is 11.9 Å². The smallest absolute Gasteiger partial charge is 0.306 e. The maximum absolute atomic E-state index is 11.8. The first-order valence-corrected chi connectivity index (χ1v) is 6.56. The summed E-state index contributed by atoms with van der Waals surface area (Å²) in [5.41, 5.74) is 0.547. The van der Waals surface area contributed by atoms with Gasteiger partial charge >= 0.3 is 5.97 Å². The van der Waals surface area contributed by atoms with E-state index >= 15 is 0 Å². The van der Waals surface area contributed by atoms with Crippen LogP contribution in [-0.4, -0.2) is 17.0 Å². The van der Waals surface area contributed by atoms with Gasteiger partial charge in [-0.05, 0) is 24.5 Å². The molecule has 1 aromatic carbocycles. The van der Waals surface area contributed by atoms with E-state index in [0.29, 0.717) is 17.1 Å². The normalized spacial score (nSPS) is 12.2. The third-order valence-electron chi connectivity index (χ3n) is 2.95. The molecule has 0 spiro atoms. The maximum Gasteiger partial charge on any atom is 0.306 e. The highest BCUT2D eigenvalue weighted by atomic mass is 35.5. The summed E-state index contributed by atoms with van der Waals surface area (Å²) < 4.78 is 0. The second kappa shape index (κ2) is 7.14. The molecule has 0 aliphatic heterocycles. The Morgan fingerprint density at radius 2 is 1.95 bits per heavy atom. The minimum absolute atomic E-state index is 0.00520. The Hall–Kier alpha value is -1.55. The monoisotopic (exact) mass is 283 g/mol. The van der Waals surface area contributed by atoms with E-state index in [1.807, 2.05) is 13.8 Å². The number of carboxylic acids is 1. The van der Waals surface area contributed by atoms with Gasteiger partial charge in [0, 0.05) is 6.42 Å². The van der Waals surface area contributed by atoms with E-state index in [0.717, 1.165) is 0 Å². The zero-order valence-corrected chi connectivity index (χ0v) is 11.8. The molecule has 0 fully saturated rings. The summed E-state index contributed by atoms with van der Waals surface area (Å²) in [7, 11) is 0. The van der Waals surface area contributed by atoms with E-state index in [9.17, 15) is 9.59 Å². The molecule has 1 aromatic rings. The Labute approximate surface area is 117 Å². The highest BCUT2D eigenvalue weighted by Crippen LogP contribution is 2.22. The first-order valence-electron chi connectivity index (χ1n) is 6.19. The van der Waals surface area contributed by atoms with Crippen LogP contribution in [0.4, 0.5) is 5.69 Å². The third-order valence-corrected chi connectivity index (χ3v) is 3.28. The number of hydrogen-bond donors (Lipinski definition) is 2. The minimum atomic E-state index is -0.861. The lowest BCUT2D eigenvalue weighted by Crippen LogP contribution is -2.22. The molecule has 0 heterocycles. The van der Waals surface area contributed by atoms with Crippen molar-refractivity contribution in [1.29, 1.82) is 0 Å².